The summed E-state index contributed by atoms with van der Waals surface area (Å²) in [6, 6.07) is 1.48. The van der Waals surface area contributed by atoms with Crippen LogP contribution in [0.5, 0.6) is 0 Å². The van der Waals surface area contributed by atoms with E-state index in [2.05, 4.69) is 10.1 Å². The Labute approximate surface area is 117 Å². The quantitative estimate of drug-likeness (QED) is 0.269. The second-order valence-electron chi connectivity index (χ2n) is 4.39. The van der Waals surface area contributed by atoms with Gasteiger partial charge in [-0.25, -0.2) is 4.98 Å². The average molecular weight is 281 g/mol. The summed E-state index contributed by atoms with van der Waals surface area (Å²) in [7, 11) is 1.83. The molecule has 0 bridgehead atoms. The van der Waals surface area contributed by atoms with Crippen LogP contribution in [-0.4, -0.2) is 34.0 Å². The van der Waals surface area contributed by atoms with E-state index in [-0.39, 0.29) is 23.1 Å². The van der Waals surface area contributed by atoms with Crippen LogP contribution in [0.4, 0.5) is 11.5 Å². The van der Waals surface area contributed by atoms with Gasteiger partial charge in [0.25, 0.3) is 5.69 Å². The van der Waals surface area contributed by atoms with Crippen LogP contribution >= 0.6 is 0 Å². The van der Waals surface area contributed by atoms with Crippen LogP contribution in [0, 0.1) is 10.1 Å². The highest BCUT2D eigenvalue weighted by molar-refractivity contribution is 6.01. The molecule has 0 aliphatic rings. The number of amidine groups is 1. The number of nitro groups is 1. The lowest BCUT2D eigenvalue weighted by Gasteiger charge is -2.28. The summed E-state index contributed by atoms with van der Waals surface area (Å²) in [6.07, 6.45) is 2.95. The first-order valence-electron chi connectivity index (χ1n) is 6.31. The fourth-order valence-electron chi connectivity index (χ4n) is 2.08. The molecule has 8 heteroatoms. The van der Waals surface area contributed by atoms with Gasteiger partial charge in [-0.3, -0.25) is 10.1 Å². The average Bonchev–Trinajstić information content (AvgIpc) is 2.46. The molecule has 1 rings (SSSR count). The van der Waals surface area contributed by atoms with Gasteiger partial charge in [0.15, 0.2) is 5.84 Å². The number of aromatic nitrogens is 1. The Morgan fingerprint density at radius 1 is 1.60 bits per heavy atom. The van der Waals surface area contributed by atoms with Crippen LogP contribution in [0.1, 0.15) is 32.3 Å². The molecule has 1 heterocycles. The number of nitrogens with zero attached hydrogens (tertiary/aromatic N) is 4. The highest BCUT2D eigenvalue weighted by Gasteiger charge is 2.21. The monoisotopic (exact) mass is 281 g/mol. The standard InChI is InChI=1S/C12H19N5O3/c1-4-8(5-2)16(3)12-10(11(13)15-18)6-9(7-14-12)17(19)20/h6-8,18H,4-5H2,1-3H3,(H2,13,15). The van der Waals surface area contributed by atoms with E-state index in [0.717, 1.165) is 12.8 Å². The van der Waals surface area contributed by atoms with Crippen molar-refractivity contribution in [3.63, 3.8) is 0 Å². The Bertz CT molecular complexity index is 514. The summed E-state index contributed by atoms with van der Waals surface area (Å²) in [6.45, 7) is 4.08. The zero-order valence-corrected chi connectivity index (χ0v) is 11.8. The molecule has 8 nitrogen and oxygen atoms in total. The molecule has 1 aromatic heterocycles. The molecule has 20 heavy (non-hydrogen) atoms. The summed E-state index contributed by atoms with van der Waals surface area (Å²) >= 11 is 0. The summed E-state index contributed by atoms with van der Waals surface area (Å²) in [4.78, 5) is 16.2. The fourth-order valence-corrected chi connectivity index (χ4v) is 2.08. The summed E-state index contributed by atoms with van der Waals surface area (Å²) in [5, 5.41) is 22.5. The topological polar surface area (TPSA) is 118 Å². The van der Waals surface area contributed by atoms with E-state index in [4.69, 9.17) is 10.9 Å². The summed E-state index contributed by atoms with van der Waals surface area (Å²) in [5.74, 6) is 0.258. The molecule has 110 valence electrons. The van der Waals surface area contributed by atoms with Gasteiger partial charge in [0.1, 0.15) is 12.0 Å². The number of hydrogen-bond donors (Lipinski definition) is 2. The van der Waals surface area contributed by atoms with E-state index < -0.39 is 4.92 Å². The Morgan fingerprint density at radius 3 is 2.65 bits per heavy atom. The molecular weight excluding hydrogens is 262 g/mol. The SMILES string of the molecule is CCC(CC)N(C)c1ncc([N+](=O)[O-])cc1C(N)=NO. The predicted octanol–water partition coefficient (Wildman–Crippen LogP) is 1.71. The van der Waals surface area contributed by atoms with Crippen molar-refractivity contribution in [3.05, 3.63) is 27.9 Å². The third-order valence-corrected chi connectivity index (χ3v) is 3.27. The van der Waals surface area contributed by atoms with Crippen molar-refractivity contribution in [2.75, 3.05) is 11.9 Å². The van der Waals surface area contributed by atoms with Crippen molar-refractivity contribution in [1.82, 2.24) is 4.98 Å². The second kappa shape index (κ2) is 6.69. The van der Waals surface area contributed by atoms with Crippen molar-refractivity contribution in [1.29, 1.82) is 0 Å². The zero-order chi connectivity index (χ0) is 15.3. The van der Waals surface area contributed by atoms with Gasteiger partial charge in [-0.2, -0.15) is 0 Å². The molecule has 1 aromatic rings. The third-order valence-electron chi connectivity index (χ3n) is 3.27. The number of hydrogen-bond acceptors (Lipinski definition) is 6. The Hall–Kier alpha value is -2.38. The Kier molecular flexibility index (Phi) is 5.24. The first-order valence-corrected chi connectivity index (χ1v) is 6.31. The summed E-state index contributed by atoms with van der Waals surface area (Å²) < 4.78 is 0. The van der Waals surface area contributed by atoms with Crippen molar-refractivity contribution >= 4 is 17.3 Å². The van der Waals surface area contributed by atoms with Crippen LogP contribution in [0.3, 0.4) is 0 Å². The van der Waals surface area contributed by atoms with Gasteiger partial charge in [-0.15, -0.1) is 0 Å². The molecule has 0 amide bonds. The van der Waals surface area contributed by atoms with E-state index >= 15 is 0 Å². The second-order valence-corrected chi connectivity index (χ2v) is 4.39. The largest absolute Gasteiger partial charge is 0.409 e. The number of pyridine rings is 1. The number of nitrogens with two attached hydrogens (primary N) is 1. The molecule has 0 atom stereocenters. The minimum Gasteiger partial charge on any atom is -0.409 e. The van der Waals surface area contributed by atoms with E-state index in [1.807, 2.05) is 25.8 Å². The van der Waals surface area contributed by atoms with Gasteiger partial charge in [-0.1, -0.05) is 19.0 Å². The van der Waals surface area contributed by atoms with E-state index in [1.54, 1.807) is 0 Å². The normalized spacial score (nSPS) is 11.7. The van der Waals surface area contributed by atoms with Gasteiger partial charge in [-0.05, 0) is 12.8 Å². The molecule has 0 aliphatic heterocycles. The smallest absolute Gasteiger partial charge is 0.288 e. The molecule has 0 saturated heterocycles. The van der Waals surface area contributed by atoms with Gasteiger partial charge in [0.2, 0.25) is 0 Å². The minimum absolute atomic E-state index is 0.200. The van der Waals surface area contributed by atoms with Crippen LogP contribution in [0.2, 0.25) is 0 Å². The first kappa shape index (κ1) is 15.7. The number of rotatable bonds is 6. The number of oxime groups is 1. The van der Waals surface area contributed by atoms with Crippen LogP contribution in [0.15, 0.2) is 17.4 Å². The molecule has 0 spiro atoms. The molecule has 0 aliphatic carbocycles. The lowest BCUT2D eigenvalue weighted by molar-refractivity contribution is -0.385. The molecule has 0 aromatic carbocycles. The van der Waals surface area contributed by atoms with Gasteiger partial charge in [0.05, 0.1) is 10.5 Å². The highest BCUT2D eigenvalue weighted by atomic mass is 16.6. The van der Waals surface area contributed by atoms with Crippen LogP contribution in [0.25, 0.3) is 0 Å². The van der Waals surface area contributed by atoms with Gasteiger partial charge < -0.3 is 15.8 Å². The lowest BCUT2D eigenvalue weighted by atomic mass is 10.1. The number of anilines is 1. The maximum atomic E-state index is 10.8. The highest BCUT2D eigenvalue weighted by Crippen LogP contribution is 2.24. The molecule has 0 unspecified atom stereocenters. The summed E-state index contributed by atoms with van der Waals surface area (Å²) in [5.41, 5.74) is 5.64. The maximum Gasteiger partial charge on any atom is 0.288 e. The minimum atomic E-state index is -0.567. The molecule has 3 N–H and O–H groups in total. The van der Waals surface area contributed by atoms with Gasteiger partial charge >= 0.3 is 0 Å². The Morgan fingerprint density at radius 2 is 2.20 bits per heavy atom. The van der Waals surface area contributed by atoms with Crippen molar-refractivity contribution in [3.8, 4) is 0 Å². The fraction of sp³-hybridized carbons (Fsp3) is 0.500. The molecule has 0 radical (unpaired) electrons. The lowest BCUT2D eigenvalue weighted by Crippen LogP contribution is -2.33. The van der Waals surface area contributed by atoms with Crippen LogP contribution in [-0.2, 0) is 0 Å². The van der Waals surface area contributed by atoms with Gasteiger partial charge in [0, 0.05) is 19.2 Å². The maximum absolute atomic E-state index is 10.8. The predicted molar refractivity (Wildman–Crippen MR) is 76.2 cm³/mol. The molecule has 0 saturated carbocycles. The first-order chi connectivity index (χ1) is 9.46. The molecular formula is C12H19N5O3. The van der Waals surface area contributed by atoms with Crippen LogP contribution < -0.4 is 10.6 Å². The third kappa shape index (κ3) is 3.14. The van der Waals surface area contributed by atoms with E-state index in [0.29, 0.717) is 5.82 Å². The van der Waals surface area contributed by atoms with E-state index in [1.165, 1.54) is 12.3 Å². The van der Waals surface area contributed by atoms with Crippen molar-refractivity contribution in [2.45, 2.75) is 32.7 Å². The van der Waals surface area contributed by atoms with E-state index in [9.17, 15) is 10.1 Å². The Balaban J connectivity index is 3.35. The molecule has 0 fully saturated rings. The van der Waals surface area contributed by atoms with Crippen molar-refractivity contribution < 1.29 is 10.1 Å². The zero-order valence-electron chi connectivity index (χ0n) is 11.8. The van der Waals surface area contributed by atoms with Crippen molar-refractivity contribution in [2.24, 2.45) is 10.9 Å².